The van der Waals surface area contributed by atoms with Crippen LogP contribution < -0.4 is 10.1 Å². The third kappa shape index (κ3) is 3.18. The molecule has 0 aliphatic heterocycles. The second-order valence-electron chi connectivity index (χ2n) is 6.43. The van der Waals surface area contributed by atoms with Crippen LogP contribution in [-0.4, -0.2) is 54.6 Å². The monoisotopic (exact) mass is 356 g/mol. The van der Waals surface area contributed by atoms with Gasteiger partial charge in [0.1, 0.15) is 5.75 Å². The molecule has 1 saturated carbocycles. The Morgan fingerprint density at radius 1 is 1.23 bits per heavy atom. The van der Waals surface area contributed by atoms with Gasteiger partial charge in [0, 0.05) is 12.0 Å². The van der Waals surface area contributed by atoms with Crippen molar-refractivity contribution in [3.8, 4) is 11.4 Å². The Balaban J connectivity index is 1.58. The predicted octanol–water partition coefficient (Wildman–Crippen LogP) is 1.11. The van der Waals surface area contributed by atoms with Crippen LogP contribution in [0.1, 0.15) is 19.3 Å². The number of hydrogen-bond donors (Lipinski definition) is 3. The van der Waals surface area contributed by atoms with Gasteiger partial charge < -0.3 is 20.3 Å². The molecule has 0 amide bonds. The third-order valence-corrected chi connectivity index (χ3v) is 4.74. The first-order valence-corrected chi connectivity index (χ1v) is 8.49. The van der Waals surface area contributed by atoms with E-state index in [1.54, 1.807) is 18.0 Å². The van der Waals surface area contributed by atoms with Gasteiger partial charge in [-0.1, -0.05) is 5.21 Å². The molecule has 0 unspecified atom stereocenters. The molecule has 9 heteroatoms. The minimum absolute atomic E-state index is 0.109. The molecule has 0 bridgehead atoms. The number of fused-ring (bicyclic) bond motifs is 1. The smallest absolute Gasteiger partial charge is 0.225 e. The zero-order chi connectivity index (χ0) is 18.1. The SMILES string of the molecule is COc1ccc(-n2nnc3cnc(N[C@@H]4CC[C@H](C(O)O)C4)nc32)cc1. The van der Waals surface area contributed by atoms with E-state index in [2.05, 4.69) is 25.6 Å². The molecule has 1 aliphatic rings. The quantitative estimate of drug-likeness (QED) is 0.582. The standard InChI is InChI=1S/C17H20N6O3/c1-26-13-6-4-12(5-7-13)23-15-14(21-22-23)9-18-17(20-15)19-11-3-2-10(8-11)16(24)25/h4-7,9-11,16,24-25H,2-3,8H2,1H3,(H,18,19,20)/t10-,11+/m0/s1. The summed E-state index contributed by atoms with van der Waals surface area (Å²) in [5, 5.41) is 30.2. The van der Waals surface area contributed by atoms with Crippen molar-refractivity contribution < 1.29 is 14.9 Å². The fraction of sp³-hybridized carbons (Fsp3) is 0.412. The molecular formula is C17H20N6O3. The molecule has 0 spiro atoms. The van der Waals surface area contributed by atoms with Crippen molar-refractivity contribution in [2.45, 2.75) is 31.6 Å². The molecule has 4 rings (SSSR count). The van der Waals surface area contributed by atoms with E-state index in [0.29, 0.717) is 23.5 Å². The normalized spacial score (nSPS) is 20.0. The summed E-state index contributed by atoms with van der Waals surface area (Å²) >= 11 is 0. The summed E-state index contributed by atoms with van der Waals surface area (Å²) in [7, 11) is 1.62. The zero-order valence-corrected chi connectivity index (χ0v) is 14.3. The van der Waals surface area contributed by atoms with Crippen LogP contribution in [0, 0.1) is 5.92 Å². The van der Waals surface area contributed by atoms with Gasteiger partial charge in [-0.05, 0) is 43.5 Å². The Morgan fingerprint density at radius 2 is 2.04 bits per heavy atom. The van der Waals surface area contributed by atoms with Crippen LogP contribution in [0.25, 0.3) is 16.9 Å². The maximum absolute atomic E-state index is 9.32. The number of ether oxygens (including phenoxy) is 1. The van der Waals surface area contributed by atoms with Gasteiger partial charge >= 0.3 is 0 Å². The number of aliphatic hydroxyl groups is 2. The van der Waals surface area contributed by atoms with Crippen molar-refractivity contribution in [1.82, 2.24) is 25.0 Å². The topological polar surface area (TPSA) is 118 Å². The number of benzene rings is 1. The van der Waals surface area contributed by atoms with Gasteiger partial charge in [0.15, 0.2) is 17.5 Å². The van der Waals surface area contributed by atoms with Gasteiger partial charge in [-0.2, -0.15) is 9.67 Å². The van der Waals surface area contributed by atoms with Crippen molar-refractivity contribution in [3.63, 3.8) is 0 Å². The minimum atomic E-state index is -1.27. The number of nitrogens with one attached hydrogen (secondary N) is 1. The van der Waals surface area contributed by atoms with Crippen molar-refractivity contribution >= 4 is 17.1 Å². The number of hydrogen-bond acceptors (Lipinski definition) is 8. The highest BCUT2D eigenvalue weighted by atomic mass is 16.5. The van der Waals surface area contributed by atoms with Crippen molar-refractivity contribution in [3.05, 3.63) is 30.5 Å². The van der Waals surface area contributed by atoms with Crippen LogP contribution in [0.3, 0.4) is 0 Å². The van der Waals surface area contributed by atoms with E-state index in [0.717, 1.165) is 24.3 Å². The van der Waals surface area contributed by atoms with E-state index in [1.165, 1.54) is 0 Å². The Kier molecular flexibility index (Phi) is 4.39. The molecular weight excluding hydrogens is 336 g/mol. The molecule has 3 N–H and O–H groups in total. The number of methoxy groups -OCH3 is 1. The molecule has 1 aliphatic carbocycles. The average molecular weight is 356 g/mol. The molecule has 2 atom stereocenters. The summed E-state index contributed by atoms with van der Waals surface area (Å²) in [5.41, 5.74) is 2.02. The summed E-state index contributed by atoms with van der Waals surface area (Å²) in [6.07, 6.45) is 2.65. The Hall–Kier alpha value is -2.78. The highest BCUT2D eigenvalue weighted by Crippen LogP contribution is 2.29. The van der Waals surface area contributed by atoms with E-state index < -0.39 is 6.29 Å². The molecule has 0 radical (unpaired) electrons. The summed E-state index contributed by atoms with van der Waals surface area (Å²) in [5.74, 6) is 1.13. The first kappa shape index (κ1) is 16.7. The molecule has 136 valence electrons. The maximum Gasteiger partial charge on any atom is 0.225 e. The Labute approximate surface area is 149 Å². The average Bonchev–Trinajstić information content (AvgIpc) is 3.29. The molecule has 2 aromatic heterocycles. The molecule has 3 aromatic rings. The highest BCUT2D eigenvalue weighted by molar-refractivity contribution is 5.72. The molecule has 1 aromatic carbocycles. The first-order valence-electron chi connectivity index (χ1n) is 8.49. The summed E-state index contributed by atoms with van der Waals surface area (Å²) in [6, 6.07) is 7.58. The maximum atomic E-state index is 9.32. The summed E-state index contributed by atoms with van der Waals surface area (Å²) in [4.78, 5) is 8.84. The number of nitrogens with zero attached hydrogens (tertiary/aromatic N) is 5. The van der Waals surface area contributed by atoms with Crippen LogP contribution in [0.4, 0.5) is 5.95 Å². The molecule has 26 heavy (non-hydrogen) atoms. The van der Waals surface area contributed by atoms with Crippen molar-refractivity contribution in [2.75, 3.05) is 12.4 Å². The van der Waals surface area contributed by atoms with Crippen LogP contribution in [0.15, 0.2) is 30.5 Å². The Morgan fingerprint density at radius 3 is 2.73 bits per heavy atom. The van der Waals surface area contributed by atoms with Gasteiger partial charge in [-0.25, -0.2) is 4.98 Å². The van der Waals surface area contributed by atoms with Crippen LogP contribution in [-0.2, 0) is 0 Å². The van der Waals surface area contributed by atoms with E-state index in [4.69, 9.17) is 4.74 Å². The second kappa shape index (κ2) is 6.85. The van der Waals surface area contributed by atoms with Gasteiger partial charge in [0.25, 0.3) is 0 Å². The predicted molar refractivity (Wildman–Crippen MR) is 94.0 cm³/mol. The minimum Gasteiger partial charge on any atom is -0.497 e. The number of aromatic nitrogens is 5. The van der Waals surface area contributed by atoms with Gasteiger partial charge in [0.2, 0.25) is 5.95 Å². The van der Waals surface area contributed by atoms with Crippen molar-refractivity contribution in [2.24, 2.45) is 5.92 Å². The molecule has 2 heterocycles. The Bertz CT molecular complexity index is 895. The third-order valence-electron chi connectivity index (χ3n) is 4.74. The molecule has 1 fully saturated rings. The first-order chi connectivity index (χ1) is 12.6. The van der Waals surface area contributed by atoms with E-state index in [9.17, 15) is 10.2 Å². The fourth-order valence-electron chi connectivity index (χ4n) is 3.30. The van der Waals surface area contributed by atoms with E-state index >= 15 is 0 Å². The molecule has 9 nitrogen and oxygen atoms in total. The lowest BCUT2D eigenvalue weighted by Gasteiger charge is -2.14. The molecule has 0 saturated heterocycles. The van der Waals surface area contributed by atoms with E-state index in [1.807, 2.05) is 24.3 Å². The lowest BCUT2D eigenvalue weighted by atomic mass is 10.1. The van der Waals surface area contributed by atoms with Gasteiger partial charge in [-0.15, -0.1) is 5.10 Å². The zero-order valence-electron chi connectivity index (χ0n) is 14.3. The lowest BCUT2D eigenvalue weighted by molar-refractivity contribution is -0.0816. The van der Waals surface area contributed by atoms with Crippen molar-refractivity contribution in [1.29, 1.82) is 0 Å². The second-order valence-corrected chi connectivity index (χ2v) is 6.43. The van der Waals surface area contributed by atoms with Gasteiger partial charge in [-0.3, -0.25) is 0 Å². The highest BCUT2D eigenvalue weighted by Gasteiger charge is 2.29. The van der Waals surface area contributed by atoms with Crippen LogP contribution in [0.2, 0.25) is 0 Å². The van der Waals surface area contributed by atoms with E-state index in [-0.39, 0.29) is 12.0 Å². The number of rotatable bonds is 5. The lowest BCUT2D eigenvalue weighted by Crippen LogP contribution is -2.21. The largest absolute Gasteiger partial charge is 0.497 e. The number of anilines is 1. The fourth-order valence-corrected chi connectivity index (χ4v) is 3.30. The van der Waals surface area contributed by atoms with Crippen LogP contribution in [0.5, 0.6) is 5.75 Å². The van der Waals surface area contributed by atoms with Crippen LogP contribution >= 0.6 is 0 Å². The summed E-state index contributed by atoms with van der Waals surface area (Å²) in [6.45, 7) is 0. The summed E-state index contributed by atoms with van der Waals surface area (Å²) < 4.78 is 6.83. The number of aliphatic hydroxyl groups excluding tert-OH is 1. The van der Waals surface area contributed by atoms with Gasteiger partial charge in [0.05, 0.1) is 19.0 Å².